The normalized spacial score (nSPS) is 10.5. The maximum Gasteiger partial charge on any atom is 0.341 e. The van der Waals surface area contributed by atoms with Gasteiger partial charge in [0.1, 0.15) is 10.7 Å². The van der Waals surface area contributed by atoms with Gasteiger partial charge < -0.3 is 4.74 Å². The van der Waals surface area contributed by atoms with Crippen molar-refractivity contribution in [3.8, 4) is 0 Å². The van der Waals surface area contributed by atoms with Gasteiger partial charge in [0.25, 0.3) is 6.43 Å². The molecule has 0 aromatic carbocycles. The Kier molecular flexibility index (Phi) is 3.82. The lowest BCUT2D eigenvalue weighted by Crippen LogP contribution is -2.09. The third-order valence-corrected chi connectivity index (χ3v) is 2.22. The van der Waals surface area contributed by atoms with Crippen LogP contribution in [0.25, 0.3) is 0 Å². The van der Waals surface area contributed by atoms with Crippen LogP contribution in [0.2, 0.25) is 10.2 Å². The maximum atomic E-state index is 12.6. The fourth-order valence-corrected chi connectivity index (χ4v) is 1.44. The highest BCUT2D eigenvalue weighted by Crippen LogP contribution is 2.33. The van der Waals surface area contributed by atoms with E-state index in [4.69, 9.17) is 23.2 Å². The highest BCUT2D eigenvalue weighted by atomic mass is 35.5. The number of nitrogens with zero attached hydrogens (tertiary/aromatic N) is 1. The summed E-state index contributed by atoms with van der Waals surface area (Å²) >= 11 is 11.0. The summed E-state index contributed by atoms with van der Waals surface area (Å²) in [7, 11) is 1.05. The lowest BCUT2D eigenvalue weighted by atomic mass is 10.1. The molecule has 0 fully saturated rings. The first-order valence-electron chi connectivity index (χ1n) is 3.69. The summed E-state index contributed by atoms with van der Waals surface area (Å²) in [5, 5.41) is -0.684. The Balaban J connectivity index is 3.45. The Morgan fingerprint density at radius 1 is 1.53 bits per heavy atom. The molecule has 0 bridgehead atoms. The number of rotatable bonds is 2. The van der Waals surface area contributed by atoms with Crippen molar-refractivity contribution in [1.82, 2.24) is 4.98 Å². The van der Waals surface area contributed by atoms with Gasteiger partial charge in [-0.05, 0) is 0 Å². The molecule has 0 atom stereocenters. The second-order valence-corrected chi connectivity index (χ2v) is 3.24. The molecule has 1 aromatic rings. The zero-order valence-electron chi connectivity index (χ0n) is 7.43. The van der Waals surface area contributed by atoms with Crippen molar-refractivity contribution >= 4 is 29.2 Å². The molecular weight excluding hydrogens is 251 g/mol. The van der Waals surface area contributed by atoms with Gasteiger partial charge in [-0.1, -0.05) is 23.2 Å². The van der Waals surface area contributed by atoms with Crippen LogP contribution in [0, 0.1) is 0 Å². The van der Waals surface area contributed by atoms with E-state index in [1.165, 1.54) is 0 Å². The lowest BCUT2D eigenvalue weighted by molar-refractivity contribution is 0.0589. The molecule has 0 aliphatic heterocycles. The average Bonchev–Trinajstić information content (AvgIpc) is 2.19. The standard InChI is InChI=1S/C8H5Cl2F2NO2/c1-15-8(14)5-4(7(11)12)3(9)2-13-6(5)10/h2,7H,1H3. The average molecular weight is 256 g/mol. The quantitative estimate of drug-likeness (QED) is 0.602. The number of methoxy groups -OCH3 is 1. The van der Waals surface area contributed by atoms with Crippen LogP contribution in [-0.4, -0.2) is 18.1 Å². The smallest absolute Gasteiger partial charge is 0.341 e. The van der Waals surface area contributed by atoms with Crippen LogP contribution in [0.1, 0.15) is 22.3 Å². The third kappa shape index (κ3) is 2.35. The van der Waals surface area contributed by atoms with Crippen molar-refractivity contribution in [1.29, 1.82) is 0 Å². The van der Waals surface area contributed by atoms with E-state index in [1.54, 1.807) is 0 Å². The van der Waals surface area contributed by atoms with E-state index in [-0.39, 0.29) is 10.2 Å². The van der Waals surface area contributed by atoms with Gasteiger partial charge in [-0.25, -0.2) is 18.6 Å². The molecule has 0 aliphatic carbocycles. The summed E-state index contributed by atoms with van der Waals surface area (Å²) < 4.78 is 29.5. The Morgan fingerprint density at radius 3 is 2.60 bits per heavy atom. The van der Waals surface area contributed by atoms with Gasteiger partial charge in [-0.2, -0.15) is 0 Å². The minimum Gasteiger partial charge on any atom is -0.465 e. The molecule has 0 spiro atoms. The monoisotopic (exact) mass is 255 g/mol. The summed E-state index contributed by atoms with van der Waals surface area (Å²) in [4.78, 5) is 14.7. The minimum absolute atomic E-state index is 0.324. The molecule has 0 radical (unpaired) electrons. The molecule has 0 N–H and O–H groups in total. The van der Waals surface area contributed by atoms with Gasteiger partial charge >= 0.3 is 5.97 Å². The molecular formula is C8H5Cl2F2NO2. The molecule has 0 aliphatic rings. The lowest BCUT2D eigenvalue weighted by Gasteiger charge is -2.09. The largest absolute Gasteiger partial charge is 0.465 e. The second-order valence-electron chi connectivity index (χ2n) is 2.48. The van der Waals surface area contributed by atoms with Gasteiger partial charge in [-0.3, -0.25) is 0 Å². The number of halogens is 4. The predicted octanol–water partition coefficient (Wildman–Crippen LogP) is 3.11. The summed E-state index contributed by atoms with van der Waals surface area (Å²) in [6.45, 7) is 0. The highest BCUT2D eigenvalue weighted by molar-refractivity contribution is 6.35. The number of pyridine rings is 1. The van der Waals surface area contributed by atoms with Crippen LogP contribution in [0.4, 0.5) is 8.78 Å². The minimum atomic E-state index is -2.92. The van der Waals surface area contributed by atoms with Crippen molar-refractivity contribution in [2.24, 2.45) is 0 Å². The zero-order valence-corrected chi connectivity index (χ0v) is 8.94. The van der Waals surface area contributed by atoms with Gasteiger partial charge in [0.05, 0.1) is 17.7 Å². The number of ether oxygens (including phenoxy) is 1. The van der Waals surface area contributed by atoms with Crippen LogP contribution < -0.4 is 0 Å². The van der Waals surface area contributed by atoms with Crippen molar-refractivity contribution in [2.45, 2.75) is 6.43 Å². The summed E-state index contributed by atoms with van der Waals surface area (Å²) in [6.07, 6.45) is -1.97. The van der Waals surface area contributed by atoms with Gasteiger partial charge in [0.2, 0.25) is 0 Å². The maximum absolute atomic E-state index is 12.6. The predicted molar refractivity (Wildman–Crippen MR) is 50.6 cm³/mol. The second kappa shape index (κ2) is 4.72. The van der Waals surface area contributed by atoms with E-state index in [0.717, 1.165) is 13.3 Å². The number of alkyl halides is 2. The van der Waals surface area contributed by atoms with E-state index >= 15 is 0 Å². The SMILES string of the molecule is COC(=O)c1c(Cl)ncc(Cl)c1C(F)F. The van der Waals surface area contributed by atoms with Crippen molar-refractivity contribution in [3.63, 3.8) is 0 Å². The molecule has 0 saturated carbocycles. The van der Waals surface area contributed by atoms with Crippen LogP contribution in [0.5, 0.6) is 0 Å². The third-order valence-electron chi connectivity index (χ3n) is 1.63. The molecule has 3 nitrogen and oxygen atoms in total. The fraction of sp³-hybridized carbons (Fsp3) is 0.250. The van der Waals surface area contributed by atoms with Crippen LogP contribution in [0.3, 0.4) is 0 Å². The number of hydrogen-bond donors (Lipinski definition) is 0. The Labute approximate surface area is 94.0 Å². The first-order chi connectivity index (χ1) is 6.99. The molecule has 0 saturated heterocycles. The first kappa shape index (κ1) is 12.1. The molecule has 7 heteroatoms. The van der Waals surface area contributed by atoms with Crippen LogP contribution >= 0.6 is 23.2 Å². The molecule has 0 unspecified atom stereocenters. The number of esters is 1. The van der Waals surface area contributed by atoms with Crippen LogP contribution in [-0.2, 0) is 4.74 Å². The van der Waals surface area contributed by atoms with Crippen molar-refractivity contribution < 1.29 is 18.3 Å². The summed E-state index contributed by atoms with van der Waals surface area (Å²) in [5.74, 6) is -0.995. The summed E-state index contributed by atoms with van der Waals surface area (Å²) in [6, 6.07) is 0. The number of carbonyl (C=O) groups is 1. The Bertz CT molecular complexity index is 398. The molecule has 1 heterocycles. The molecule has 0 amide bonds. The topological polar surface area (TPSA) is 39.2 Å². The molecule has 15 heavy (non-hydrogen) atoms. The zero-order chi connectivity index (χ0) is 11.6. The number of hydrogen-bond acceptors (Lipinski definition) is 3. The van der Waals surface area contributed by atoms with E-state index in [2.05, 4.69) is 9.72 Å². The van der Waals surface area contributed by atoms with Crippen LogP contribution in [0.15, 0.2) is 6.20 Å². The molecule has 1 aromatic heterocycles. The Morgan fingerprint density at radius 2 is 2.13 bits per heavy atom. The van der Waals surface area contributed by atoms with Gasteiger partial charge in [0.15, 0.2) is 0 Å². The fourth-order valence-electron chi connectivity index (χ4n) is 0.988. The number of aromatic nitrogens is 1. The first-order valence-corrected chi connectivity index (χ1v) is 4.45. The van der Waals surface area contributed by atoms with Gasteiger partial charge in [-0.15, -0.1) is 0 Å². The molecule has 82 valence electrons. The highest BCUT2D eigenvalue weighted by Gasteiger charge is 2.26. The Hall–Kier alpha value is -0.940. The van der Waals surface area contributed by atoms with E-state index < -0.39 is 23.5 Å². The number of carbonyl (C=O) groups excluding carboxylic acids is 1. The van der Waals surface area contributed by atoms with E-state index in [1.807, 2.05) is 0 Å². The van der Waals surface area contributed by atoms with Crippen molar-refractivity contribution in [2.75, 3.05) is 7.11 Å². The molecule has 1 rings (SSSR count). The van der Waals surface area contributed by atoms with E-state index in [0.29, 0.717) is 0 Å². The van der Waals surface area contributed by atoms with Crippen molar-refractivity contribution in [3.05, 3.63) is 27.5 Å². The van der Waals surface area contributed by atoms with E-state index in [9.17, 15) is 13.6 Å². The van der Waals surface area contributed by atoms with Gasteiger partial charge in [0, 0.05) is 6.20 Å². The summed E-state index contributed by atoms with van der Waals surface area (Å²) in [5.41, 5.74) is -1.16.